The smallest absolute Gasteiger partial charge is 0.336 e. The number of benzene rings is 1. The van der Waals surface area contributed by atoms with E-state index in [1.807, 2.05) is 6.92 Å². The van der Waals surface area contributed by atoms with Gasteiger partial charge in [0.2, 0.25) is 0 Å². The predicted molar refractivity (Wildman–Crippen MR) is 94.0 cm³/mol. The molecule has 1 aliphatic rings. The van der Waals surface area contributed by atoms with Gasteiger partial charge in [-0.2, -0.15) is 0 Å². The van der Waals surface area contributed by atoms with Crippen molar-refractivity contribution < 1.29 is 23.5 Å². The van der Waals surface area contributed by atoms with Gasteiger partial charge in [-0.15, -0.1) is 0 Å². The molecule has 2 aromatic rings. The molecular weight excluding hydrogens is 338 g/mol. The summed E-state index contributed by atoms with van der Waals surface area (Å²) in [6, 6.07) is 6.56. The van der Waals surface area contributed by atoms with E-state index in [1.165, 1.54) is 13.2 Å². The Bertz CT molecular complexity index is 887. The minimum absolute atomic E-state index is 0.143. The van der Waals surface area contributed by atoms with Crippen LogP contribution in [-0.4, -0.2) is 43.6 Å². The number of piperidine rings is 1. The van der Waals surface area contributed by atoms with Crippen LogP contribution >= 0.6 is 0 Å². The number of aryl methyl sites for hydroxylation is 1. The van der Waals surface area contributed by atoms with Gasteiger partial charge in [-0.1, -0.05) is 0 Å². The number of amides is 1. The quantitative estimate of drug-likeness (QED) is 0.612. The Morgan fingerprint density at radius 1 is 1.31 bits per heavy atom. The predicted octanol–water partition coefficient (Wildman–Crippen LogP) is 1.89. The molecule has 7 nitrogen and oxygen atoms in total. The molecule has 2 heterocycles. The second-order valence-corrected chi connectivity index (χ2v) is 6.40. The first kappa shape index (κ1) is 18.0. The van der Waals surface area contributed by atoms with Crippen LogP contribution in [0.4, 0.5) is 0 Å². The summed E-state index contributed by atoms with van der Waals surface area (Å²) in [6.45, 7) is 2.63. The summed E-state index contributed by atoms with van der Waals surface area (Å²) in [7, 11) is 1.35. The second kappa shape index (κ2) is 7.59. The van der Waals surface area contributed by atoms with E-state index in [9.17, 15) is 14.4 Å². The van der Waals surface area contributed by atoms with E-state index in [4.69, 9.17) is 13.9 Å². The molecule has 0 radical (unpaired) electrons. The molecule has 1 aliphatic heterocycles. The number of fused-ring (bicyclic) bond motifs is 1. The summed E-state index contributed by atoms with van der Waals surface area (Å²) in [4.78, 5) is 37.2. The van der Waals surface area contributed by atoms with Crippen molar-refractivity contribution in [2.24, 2.45) is 5.92 Å². The Kier molecular flexibility index (Phi) is 5.25. The third-order valence-electron chi connectivity index (χ3n) is 4.59. The van der Waals surface area contributed by atoms with E-state index >= 15 is 0 Å². The lowest BCUT2D eigenvalue weighted by atomic mass is 9.98. The number of nitrogens with zero attached hydrogens (tertiary/aromatic N) is 1. The Hall–Kier alpha value is -2.83. The van der Waals surface area contributed by atoms with Crippen LogP contribution < -0.4 is 10.4 Å². The molecular formula is C19H21NO6. The fourth-order valence-electron chi connectivity index (χ4n) is 3.19. The summed E-state index contributed by atoms with van der Waals surface area (Å²) in [5.74, 6) is -0.315. The van der Waals surface area contributed by atoms with Crippen LogP contribution in [0.3, 0.4) is 0 Å². The molecule has 7 heteroatoms. The van der Waals surface area contributed by atoms with Crippen molar-refractivity contribution in [2.75, 3.05) is 26.8 Å². The van der Waals surface area contributed by atoms with E-state index in [1.54, 1.807) is 23.1 Å². The van der Waals surface area contributed by atoms with Gasteiger partial charge in [-0.25, -0.2) is 4.79 Å². The molecule has 0 N–H and O–H groups in total. The third kappa shape index (κ3) is 3.87. The monoisotopic (exact) mass is 359 g/mol. The van der Waals surface area contributed by atoms with Crippen molar-refractivity contribution in [1.29, 1.82) is 0 Å². The maximum Gasteiger partial charge on any atom is 0.336 e. The third-order valence-corrected chi connectivity index (χ3v) is 4.59. The van der Waals surface area contributed by atoms with Gasteiger partial charge in [0.1, 0.15) is 11.3 Å². The number of hydrogen-bond acceptors (Lipinski definition) is 6. The van der Waals surface area contributed by atoms with Gasteiger partial charge in [-0.05, 0) is 37.5 Å². The van der Waals surface area contributed by atoms with Gasteiger partial charge in [-0.3, -0.25) is 9.59 Å². The Morgan fingerprint density at radius 3 is 2.88 bits per heavy atom. The molecule has 26 heavy (non-hydrogen) atoms. The topological polar surface area (TPSA) is 86.0 Å². The van der Waals surface area contributed by atoms with Gasteiger partial charge < -0.3 is 18.8 Å². The molecule has 1 aromatic heterocycles. The molecule has 0 bridgehead atoms. The van der Waals surface area contributed by atoms with E-state index in [2.05, 4.69) is 0 Å². The van der Waals surface area contributed by atoms with Gasteiger partial charge in [0.25, 0.3) is 5.91 Å². The number of rotatable bonds is 4. The van der Waals surface area contributed by atoms with Crippen molar-refractivity contribution in [3.05, 3.63) is 40.2 Å². The van der Waals surface area contributed by atoms with Crippen LogP contribution in [0.25, 0.3) is 11.0 Å². The number of ether oxygens (including phenoxy) is 2. The maximum atomic E-state index is 12.4. The number of hydrogen-bond donors (Lipinski definition) is 0. The highest BCUT2D eigenvalue weighted by Crippen LogP contribution is 2.23. The van der Waals surface area contributed by atoms with Gasteiger partial charge in [0.05, 0.1) is 13.0 Å². The van der Waals surface area contributed by atoms with E-state index in [0.717, 1.165) is 23.8 Å². The average molecular weight is 359 g/mol. The molecule has 1 amide bonds. The molecule has 1 atom stereocenters. The molecule has 0 spiro atoms. The van der Waals surface area contributed by atoms with Crippen LogP contribution in [0.1, 0.15) is 18.4 Å². The van der Waals surface area contributed by atoms with Crippen molar-refractivity contribution in [3.63, 3.8) is 0 Å². The number of carbonyl (C=O) groups is 2. The minimum Gasteiger partial charge on any atom is -0.484 e. The summed E-state index contributed by atoms with van der Waals surface area (Å²) in [5.41, 5.74) is 0.815. The van der Waals surface area contributed by atoms with E-state index < -0.39 is 5.63 Å². The SMILES string of the molecule is COC(=O)C1CCCN(C(=O)COc2ccc3c(C)cc(=O)oc3c2)C1. The lowest BCUT2D eigenvalue weighted by Crippen LogP contribution is -2.44. The summed E-state index contributed by atoms with van der Waals surface area (Å²) in [6.07, 6.45) is 1.48. The molecule has 0 aliphatic carbocycles. The van der Waals surface area contributed by atoms with Crippen molar-refractivity contribution in [2.45, 2.75) is 19.8 Å². The van der Waals surface area contributed by atoms with Gasteiger partial charge >= 0.3 is 11.6 Å². The number of carbonyl (C=O) groups excluding carboxylic acids is 2. The lowest BCUT2D eigenvalue weighted by molar-refractivity contribution is -0.149. The highest BCUT2D eigenvalue weighted by Gasteiger charge is 2.29. The average Bonchev–Trinajstić information content (AvgIpc) is 2.65. The molecule has 1 unspecified atom stereocenters. The van der Waals surface area contributed by atoms with Crippen LogP contribution in [0.2, 0.25) is 0 Å². The Balaban J connectivity index is 1.65. The molecule has 1 fully saturated rings. The summed E-state index contributed by atoms with van der Waals surface area (Å²) < 4.78 is 15.5. The second-order valence-electron chi connectivity index (χ2n) is 6.40. The molecule has 0 saturated carbocycles. The fourth-order valence-corrected chi connectivity index (χ4v) is 3.19. The zero-order valence-electron chi connectivity index (χ0n) is 14.8. The first-order valence-electron chi connectivity index (χ1n) is 8.51. The standard InChI is InChI=1S/C19H21NO6/c1-12-8-18(22)26-16-9-14(5-6-15(12)16)25-11-17(21)20-7-3-4-13(10-20)19(23)24-2/h5-6,8-9,13H,3-4,7,10-11H2,1-2H3. The van der Waals surface area contributed by atoms with Gasteiger partial charge in [0.15, 0.2) is 6.61 Å². The van der Waals surface area contributed by atoms with E-state index in [-0.39, 0.29) is 24.4 Å². The fraction of sp³-hybridized carbons (Fsp3) is 0.421. The first-order valence-corrected chi connectivity index (χ1v) is 8.51. The van der Waals surface area contributed by atoms with Crippen molar-refractivity contribution in [1.82, 2.24) is 4.90 Å². The Labute approximate surface area is 150 Å². The van der Waals surface area contributed by atoms with E-state index in [0.29, 0.717) is 24.4 Å². The van der Waals surface area contributed by atoms with Gasteiger partial charge in [0, 0.05) is 30.6 Å². The lowest BCUT2D eigenvalue weighted by Gasteiger charge is -2.31. The molecule has 138 valence electrons. The first-order chi connectivity index (χ1) is 12.5. The Morgan fingerprint density at radius 2 is 2.12 bits per heavy atom. The van der Waals surface area contributed by atoms with Crippen molar-refractivity contribution in [3.8, 4) is 5.75 Å². The van der Waals surface area contributed by atoms with Crippen LogP contribution in [0, 0.1) is 12.8 Å². The zero-order valence-corrected chi connectivity index (χ0v) is 14.8. The zero-order chi connectivity index (χ0) is 18.7. The number of methoxy groups -OCH3 is 1. The van der Waals surface area contributed by atoms with Crippen LogP contribution in [-0.2, 0) is 14.3 Å². The molecule has 1 aromatic carbocycles. The highest BCUT2D eigenvalue weighted by atomic mass is 16.5. The normalized spacial score (nSPS) is 17.2. The summed E-state index contributed by atoms with van der Waals surface area (Å²) in [5, 5.41) is 0.820. The minimum atomic E-state index is -0.426. The number of likely N-dealkylation sites (tertiary alicyclic amines) is 1. The van der Waals surface area contributed by atoms with Crippen LogP contribution in [0.15, 0.2) is 33.5 Å². The summed E-state index contributed by atoms with van der Waals surface area (Å²) >= 11 is 0. The maximum absolute atomic E-state index is 12.4. The highest BCUT2D eigenvalue weighted by molar-refractivity contribution is 5.82. The molecule has 3 rings (SSSR count). The molecule has 1 saturated heterocycles. The van der Waals surface area contributed by atoms with Crippen molar-refractivity contribution >= 4 is 22.8 Å². The number of esters is 1. The van der Waals surface area contributed by atoms with Crippen LogP contribution in [0.5, 0.6) is 5.75 Å². The largest absolute Gasteiger partial charge is 0.484 e.